The van der Waals surface area contributed by atoms with Crippen LogP contribution in [0.4, 0.5) is 0 Å². The number of rotatable bonds is 6. The Morgan fingerprint density at radius 3 is 3.25 bits per heavy atom. The molecule has 2 aromatic rings. The first-order valence-electron chi connectivity index (χ1n) is 5.54. The second-order valence-electron chi connectivity index (χ2n) is 3.76. The molecule has 2 rings (SSSR count). The van der Waals surface area contributed by atoms with Crippen LogP contribution in [0.2, 0.25) is 0 Å². The first-order chi connectivity index (χ1) is 7.90. The fraction of sp³-hybridized carbons (Fsp3) is 0.417. The van der Waals surface area contributed by atoms with E-state index >= 15 is 0 Å². The van der Waals surface area contributed by atoms with Crippen LogP contribution in [0, 0.1) is 0 Å². The summed E-state index contributed by atoms with van der Waals surface area (Å²) in [6.45, 7) is 2.46. The van der Waals surface area contributed by atoms with Gasteiger partial charge in [0.1, 0.15) is 0 Å². The van der Waals surface area contributed by atoms with Crippen molar-refractivity contribution in [3.63, 3.8) is 0 Å². The van der Waals surface area contributed by atoms with Crippen LogP contribution < -0.4 is 5.32 Å². The maximum absolute atomic E-state index is 5.57. The van der Waals surface area contributed by atoms with Crippen molar-refractivity contribution in [1.82, 2.24) is 15.3 Å². The Kier molecular flexibility index (Phi) is 3.91. The van der Waals surface area contributed by atoms with Crippen LogP contribution in [0.3, 0.4) is 0 Å². The average Bonchev–Trinajstić information content (AvgIpc) is 2.76. The highest BCUT2D eigenvalue weighted by Crippen LogP contribution is 2.12. The van der Waals surface area contributed by atoms with Crippen molar-refractivity contribution >= 4 is 11.0 Å². The van der Waals surface area contributed by atoms with Gasteiger partial charge in [-0.1, -0.05) is 6.07 Å². The molecule has 0 fully saturated rings. The van der Waals surface area contributed by atoms with E-state index in [1.807, 2.05) is 13.1 Å². The van der Waals surface area contributed by atoms with E-state index in [9.17, 15) is 0 Å². The SMILES string of the molecule is CNCCCOCc1ccc2nc[nH]c2c1. The van der Waals surface area contributed by atoms with Crippen molar-refractivity contribution in [2.24, 2.45) is 0 Å². The Morgan fingerprint density at radius 1 is 1.44 bits per heavy atom. The van der Waals surface area contributed by atoms with Gasteiger partial charge in [-0.15, -0.1) is 0 Å². The summed E-state index contributed by atoms with van der Waals surface area (Å²) in [5.74, 6) is 0. The summed E-state index contributed by atoms with van der Waals surface area (Å²) in [7, 11) is 1.95. The zero-order chi connectivity index (χ0) is 11.2. The quantitative estimate of drug-likeness (QED) is 0.727. The van der Waals surface area contributed by atoms with Crippen LogP contribution in [-0.2, 0) is 11.3 Å². The lowest BCUT2D eigenvalue weighted by Gasteiger charge is -2.04. The summed E-state index contributed by atoms with van der Waals surface area (Å²) in [6, 6.07) is 6.15. The molecule has 1 heterocycles. The zero-order valence-electron chi connectivity index (χ0n) is 9.49. The second kappa shape index (κ2) is 5.63. The Labute approximate surface area is 95.0 Å². The maximum Gasteiger partial charge on any atom is 0.0931 e. The second-order valence-corrected chi connectivity index (χ2v) is 3.76. The molecule has 0 amide bonds. The lowest BCUT2D eigenvalue weighted by atomic mass is 10.2. The van der Waals surface area contributed by atoms with E-state index < -0.39 is 0 Å². The molecule has 0 bridgehead atoms. The summed E-state index contributed by atoms with van der Waals surface area (Å²) in [5, 5.41) is 3.09. The summed E-state index contributed by atoms with van der Waals surface area (Å²) < 4.78 is 5.57. The Morgan fingerprint density at radius 2 is 2.38 bits per heavy atom. The molecule has 1 aromatic carbocycles. The Bertz CT molecular complexity index is 439. The fourth-order valence-electron chi connectivity index (χ4n) is 1.61. The lowest BCUT2D eigenvalue weighted by molar-refractivity contribution is 0.119. The van der Waals surface area contributed by atoms with E-state index in [4.69, 9.17) is 4.74 Å². The molecule has 1 aromatic heterocycles. The molecule has 4 heteroatoms. The van der Waals surface area contributed by atoms with E-state index in [0.29, 0.717) is 6.61 Å². The number of nitrogens with one attached hydrogen (secondary N) is 2. The highest BCUT2D eigenvalue weighted by Gasteiger charge is 1.98. The van der Waals surface area contributed by atoms with E-state index in [-0.39, 0.29) is 0 Å². The van der Waals surface area contributed by atoms with Crippen molar-refractivity contribution in [2.75, 3.05) is 20.2 Å². The number of H-pyrrole nitrogens is 1. The standard InChI is InChI=1S/C12H17N3O/c1-13-5-2-6-16-8-10-3-4-11-12(7-10)15-9-14-11/h3-4,7,9,13H,2,5-6,8H2,1H3,(H,14,15). The van der Waals surface area contributed by atoms with Gasteiger partial charge in [-0.25, -0.2) is 4.98 Å². The number of fused-ring (bicyclic) bond motifs is 1. The molecule has 0 aliphatic heterocycles. The third-order valence-corrected chi connectivity index (χ3v) is 2.47. The molecule has 0 saturated carbocycles. The van der Waals surface area contributed by atoms with Gasteiger partial charge in [0.15, 0.2) is 0 Å². The molecule has 0 atom stereocenters. The van der Waals surface area contributed by atoms with Crippen LogP contribution in [0.5, 0.6) is 0 Å². The number of aromatic amines is 1. The summed E-state index contributed by atoms with van der Waals surface area (Å²) in [6.07, 6.45) is 2.75. The topological polar surface area (TPSA) is 49.9 Å². The van der Waals surface area contributed by atoms with Gasteiger partial charge < -0.3 is 15.0 Å². The van der Waals surface area contributed by atoms with Crippen molar-refractivity contribution < 1.29 is 4.74 Å². The third kappa shape index (κ3) is 2.81. The average molecular weight is 219 g/mol. The Hall–Kier alpha value is -1.39. The summed E-state index contributed by atoms with van der Waals surface area (Å²) in [5.41, 5.74) is 3.25. The minimum absolute atomic E-state index is 0.665. The van der Waals surface area contributed by atoms with Gasteiger partial charge in [-0.2, -0.15) is 0 Å². The number of hydrogen-bond donors (Lipinski definition) is 2. The molecule has 0 unspecified atom stereocenters. The number of nitrogens with zero attached hydrogens (tertiary/aromatic N) is 1. The molecular formula is C12H17N3O. The van der Waals surface area contributed by atoms with Crippen molar-refractivity contribution in [1.29, 1.82) is 0 Å². The molecule has 0 spiro atoms. The van der Waals surface area contributed by atoms with Gasteiger partial charge in [0.25, 0.3) is 0 Å². The van der Waals surface area contributed by atoms with Gasteiger partial charge >= 0.3 is 0 Å². The molecule has 0 saturated heterocycles. The lowest BCUT2D eigenvalue weighted by Crippen LogP contribution is -2.10. The maximum atomic E-state index is 5.57. The molecule has 4 nitrogen and oxygen atoms in total. The van der Waals surface area contributed by atoms with Gasteiger partial charge in [0, 0.05) is 6.61 Å². The van der Waals surface area contributed by atoms with Gasteiger partial charge in [0.05, 0.1) is 24.0 Å². The van der Waals surface area contributed by atoms with Crippen LogP contribution in [0.25, 0.3) is 11.0 Å². The first kappa shape index (κ1) is 11.1. The van der Waals surface area contributed by atoms with Crippen molar-refractivity contribution in [3.05, 3.63) is 30.1 Å². The normalized spacial score (nSPS) is 11.1. The molecule has 0 aliphatic carbocycles. The zero-order valence-corrected chi connectivity index (χ0v) is 9.49. The number of ether oxygens (including phenoxy) is 1. The van der Waals surface area contributed by atoms with Crippen molar-refractivity contribution in [2.45, 2.75) is 13.0 Å². The van der Waals surface area contributed by atoms with E-state index in [0.717, 1.165) is 30.6 Å². The number of aromatic nitrogens is 2. The molecule has 86 valence electrons. The van der Waals surface area contributed by atoms with Crippen LogP contribution in [0.15, 0.2) is 24.5 Å². The van der Waals surface area contributed by atoms with Gasteiger partial charge in [0.2, 0.25) is 0 Å². The van der Waals surface area contributed by atoms with E-state index in [1.165, 1.54) is 5.56 Å². The van der Waals surface area contributed by atoms with Crippen molar-refractivity contribution in [3.8, 4) is 0 Å². The van der Waals surface area contributed by atoms with Gasteiger partial charge in [-0.3, -0.25) is 0 Å². The van der Waals surface area contributed by atoms with Crippen LogP contribution in [0.1, 0.15) is 12.0 Å². The van der Waals surface area contributed by atoms with Crippen LogP contribution in [-0.4, -0.2) is 30.2 Å². The summed E-state index contributed by atoms with van der Waals surface area (Å²) >= 11 is 0. The molecule has 2 N–H and O–H groups in total. The largest absolute Gasteiger partial charge is 0.377 e. The predicted octanol–water partition coefficient (Wildman–Crippen LogP) is 1.69. The number of imidazole rings is 1. The molecule has 16 heavy (non-hydrogen) atoms. The minimum Gasteiger partial charge on any atom is -0.377 e. The highest BCUT2D eigenvalue weighted by molar-refractivity contribution is 5.74. The highest BCUT2D eigenvalue weighted by atomic mass is 16.5. The molecule has 0 radical (unpaired) electrons. The summed E-state index contributed by atoms with van der Waals surface area (Å²) in [4.78, 5) is 7.27. The molecule has 0 aliphatic rings. The smallest absolute Gasteiger partial charge is 0.0931 e. The predicted molar refractivity (Wildman–Crippen MR) is 64.3 cm³/mol. The minimum atomic E-state index is 0.665. The number of benzene rings is 1. The monoisotopic (exact) mass is 219 g/mol. The fourth-order valence-corrected chi connectivity index (χ4v) is 1.61. The van der Waals surface area contributed by atoms with Gasteiger partial charge in [-0.05, 0) is 37.7 Å². The Balaban J connectivity index is 1.84. The van der Waals surface area contributed by atoms with E-state index in [2.05, 4.69) is 27.4 Å². The molecular weight excluding hydrogens is 202 g/mol. The first-order valence-corrected chi connectivity index (χ1v) is 5.54. The van der Waals surface area contributed by atoms with Crippen LogP contribution >= 0.6 is 0 Å². The van der Waals surface area contributed by atoms with E-state index in [1.54, 1.807) is 6.33 Å². The number of hydrogen-bond acceptors (Lipinski definition) is 3. The third-order valence-electron chi connectivity index (χ3n) is 2.47.